The lowest BCUT2D eigenvalue weighted by atomic mass is 10.2. The van der Waals surface area contributed by atoms with Gasteiger partial charge in [-0.15, -0.1) is 0 Å². The zero-order valence-electron chi connectivity index (χ0n) is 13.0. The molecule has 0 spiro atoms. The first-order valence-electron chi connectivity index (χ1n) is 7.65. The summed E-state index contributed by atoms with van der Waals surface area (Å²) in [6, 6.07) is 7.23. The van der Waals surface area contributed by atoms with E-state index in [1.807, 2.05) is 18.3 Å². The molecule has 0 bridgehead atoms. The van der Waals surface area contributed by atoms with Gasteiger partial charge >= 0.3 is 0 Å². The minimum atomic E-state index is -0.0581. The highest BCUT2D eigenvalue weighted by molar-refractivity contribution is 5.44. The van der Waals surface area contributed by atoms with Crippen molar-refractivity contribution in [3.63, 3.8) is 0 Å². The number of pyridine rings is 1. The summed E-state index contributed by atoms with van der Waals surface area (Å²) in [6.07, 6.45) is 1.83. The number of hydrogen-bond acceptors (Lipinski definition) is 5. The Morgan fingerprint density at radius 2 is 1.82 bits per heavy atom. The monoisotopic (exact) mass is 299 g/mol. The summed E-state index contributed by atoms with van der Waals surface area (Å²) in [4.78, 5) is 27.7. The number of rotatable bonds is 3. The summed E-state index contributed by atoms with van der Waals surface area (Å²) in [7, 11) is 0. The first-order valence-corrected chi connectivity index (χ1v) is 7.65. The summed E-state index contributed by atoms with van der Waals surface area (Å²) in [5.41, 5.74) is -0.0581. The molecule has 116 valence electrons. The quantitative estimate of drug-likeness (QED) is 0.933. The number of aromatic amines is 1. The highest BCUT2D eigenvalue weighted by Gasteiger charge is 2.19. The second kappa shape index (κ2) is 6.17. The van der Waals surface area contributed by atoms with Crippen LogP contribution in [0.2, 0.25) is 0 Å². The van der Waals surface area contributed by atoms with E-state index in [0.717, 1.165) is 43.6 Å². The van der Waals surface area contributed by atoms with Crippen LogP contribution in [0.3, 0.4) is 0 Å². The summed E-state index contributed by atoms with van der Waals surface area (Å²) < 4.78 is 0. The molecule has 2 aromatic heterocycles. The Bertz CT molecular complexity index is 689. The van der Waals surface area contributed by atoms with E-state index in [1.54, 1.807) is 6.07 Å². The SMILES string of the molecule is CC(C)c1nccc(N2CCN(c3cccc(=O)[nH]3)CC2)n1. The van der Waals surface area contributed by atoms with Crippen LogP contribution in [0.5, 0.6) is 0 Å². The molecular formula is C16H21N5O. The highest BCUT2D eigenvalue weighted by atomic mass is 16.1. The fourth-order valence-corrected chi connectivity index (χ4v) is 2.62. The van der Waals surface area contributed by atoms with E-state index in [1.165, 1.54) is 6.07 Å². The molecule has 0 unspecified atom stereocenters. The molecule has 0 aromatic carbocycles. The molecule has 1 aliphatic heterocycles. The van der Waals surface area contributed by atoms with Crippen molar-refractivity contribution in [3.8, 4) is 0 Å². The highest BCUT2D eigenvalue weighted by Crippen LogP contribution is 2.18. The van der Waals surface area contributed by atoms with Gasteiger partial charge in [0.2, 0.25) is 5.56 Å². The van der Waals surface area contributed by atoms with E-state index in [9.17, 15) is 4.79 Å². The molecule has 0 amide bonds. The van der Waals surface area contributed by atoms with Crippen molar-refractivity contribution >= 4 is 11.6 Å². The maximum absolute atomic E-state index is 11.4. The van der Waals surface area contributed by atoms with Gasteiger partial charge in [-0.1, -0.05) is 19.9 Å². The van der Waals surface area contributed by atoms with Gasteiger partial charge in [0.25, 0.3) is 0 Å². The fourth-order valence-electron chi connectivity index (χ4n) is 2.62. The van der Waals surface area contributed by atoms with Crippen LogP contribution in [0.25, 0.3) is 0 Å². The zero-order valence-corrected chi connectivity index (χ0v) is 13.0. The molecule has 2 aromatic rings. The van der Waals surface area contributed by atoms with Crippen molar-refractivity contribution in [2.75, 3.05) is 36.0 Å². The van der Waals surface area contributed by atoms with Gasteiger partial charge in [-0.25, -0.2) is 9.97 Å². The van der Waals surface area contributed by atoms with E-state index in [-0.39, 0.29) is 5.56 Å². The minimum absolute atomic E-state index is 0.0581. The van der Waals surface area contributed by atoms with E-state index in [4.69, 9.17) is 0 Å². The lowest BCUT2D eigenvalue weighted by Crippen LogP contribution is -2.47. The van der Waals surface area contributed by atoms with E-state index < -0.39 is 0 Å². The van der Waals surface area contributed by atoms with Crippen LogP contribution in [0, 0.1) is 0 Å². The van der Waals surface area contributed by atoms with Crippen molar-refractivity contribution < 1.29 is 0 Å². The number of anilines is 2. The fraction of sp³-hybridized carbons (Fsp3) is 0.438. The Kier molecular flexibility index (Phi) is 4.09. The van der Waals surface area contributed by atoms with Crippen LogP contribution >= 0.6 is 0 Å². The molecule has 22 heavy (non-hydrogen) atoms. The van der Waals surface area contributed by atoms with E-state index >= 15 is 0 Å². The number of hydrogen-bond donors (Lipinski definition) is 1. The second-order valence-corrected chi connectivity index (χ2v) is 5.80. The molecule has 6 heteroatoms. The number of aromatic nitrogens is 3. The predicted octanol–water partition coefficient (Wildman–Crippen LogP) is 1.61. The van der Waals surface area contributed by atoms with Gasteiger partial charge in [-0.2, -0.15) is 0 Å². The molecule has 0 atom stereocenters. The third kappa shape index (κ3) is 3.10. The third-order valence-corrected chi connectivity index (χ3v) is 3.87. The molecule has 0 saturated carbocycles. The van der Waals surface area contributed by atoms with Gasteiger partial charge in [-0.05, 0) is 12.1 Å². The van der Waals surface area contributed by atoms with Crippen LogP contribution in [0.15, 0.2) is 35.3 Å². The summed E-state index contributed by atoms with van der Waals surface area (Å²) >= 11 is 0. The van der Waals surface area contributed by atoms with Gasteiger partial charge < -0.3 is 14.8 Å². The van der Waals surface area contributed by atoms with Gasteiger partial charge in [0, 0.05) is 44.4 Å². The lowest BCUT2D eigenvalue weighted by molar-refractivity contribution is 0.636. The molecule has 3 rings (SSSR count). The molecular weight excluding hydrogens is 278 g/mol. The summed E-state index contributed by atoms with van der Waals surface area (Å²) in [6.45, 7) is 7.69. The molecule has 0 radical (unpaired) electrons. The Hall–Kier alpha value is -2.37. The largest absolute Gasteiger partial charge is 0.355 e. The number of nitrogens with one attached hydrogen (secondary N) is 1. The third-order valence-electron chi connectivity index (χ3n) is 3.87. The molecule has 0 aliphatic carbocycles. The topological polar surface area (TPSA) is 65.1 Å². The average molecular weight is 299 g/mol. The van der Waals surface area contributed by atoms with Crippen LogP contribution < -0.4 is 15.4 Å². The van der Waals surface area contributed by atoms with Gasteiger partial charge in [0.15, 0.2) is 0 Å². The van der Waals surface area contributed by atoms with Gasteiger partial charge in [0.1, 0.15) is 17.5 Å². The smallest absolute Gasteiger partial charge is 0.249 e. The molecule has 6 nitrogen and oxygen atoms in total. The van der Waals surface area contributed by atoms with Crippen LogP contribution in [-0.4, -0.2) is 41.1 Å². The average Bonchev–Trinajstić information content (AvgIpc) is 2.55. The van der Waals surface area contributed by atoms with Crippen molar-refractivity contribution in [2.45, 2.75) is 19.8 Å². The first kappa shape index (κ1) is 14.6. The lowest BCUT2D eigenvalue weighted by Gasteiger charge is -2.36. The van der Waals surface area contributed by atoms with Gasteiger partial charge in [0.05, 0.1) is 0 Å². The molecule has 1 fully saturated rings. The van der Waals surface area contributed by atoms with Gasteiger partial charge in [-0.3, -0.25) is 4.79 Å². The van der Waals surface area contributed by atoms with Crippen LogP contribution in [-0.2, 0) is 0 Å². The van der Waals surface area contributed by atoms with E-state index in [0.29, 0.717) is 5.92 Å². The Labute approximate surface area is 129 Å². The molecule has 1 saturated heterocycles. The maximum Gasteiger partial charge on any atom is 0.249 e. The standard InChI is InChI=1S/C16H21N5O/c1-12(2)16-17-7-6-14(19-16)21-10-8-20(9-11-21)13-4-3-5-15(22)18-13/h3-7,12H,8-11H2,1-2H3,(H,18,22). The predicted molar refractivity (Wildman–Crippen MR) is 87.6 cm³/mol. The normalized spacial score (nSPS) is 15.4. The van der Waals surface area contributed by atoms with Crippen molar-refractivity contribution in [1.29, 1.82) is 0 Å². The Morgan fingerprint density at radius 1 is 1.09 bits per heavy atom. The second-order valence-electron chi connectivity index (χ2n) is 5.80. The van der Waals surface area contributed by atoms with Crippen molar-refractivity contribution in [1.82, 2.24) is 15.0 Å². The minimum Gasteiger partial charge on any atom is -0.355 e. The molecule has 1 N–H and O–H groups in total. The molecule has 3 heterocycles. The Balaban J connectivity index is 1.69. The Morgan fingerprint density at radius 3 is 2.50 bits per heavy atom. The maximum atomic E-state index is 11.4. The zero-order chi connectivity index (χ0) is 15.5. The van der Waals surface area contributed by atoms with Crippen molar-refractivity contribution in [3.05, 3.63) is 46.6 Å². The van der Waals surface area contributed by atoms with Crippen LogP contribution in [0.4, 0.5) is 11.6 Å². The number of H-pyrrole nitrogens is 1. The number of nitrogens with zero attached hydrogens (tertiary/aromatic N) is 4. The van der Waals surface area contributed by atoms with Crippen molar-refractivity contribution in [2.24, 2.45) is 0 Å². The van der Waals surface area contributed by atoms with Crippen LogP contribution in [0.1, 0.15) is 25.6 Å². The summed E-state index contributed by atoms with van der Waals surface area (Å²) in [5.74, 6) is 3.08. The summed E-state index contributed by atoms with van der Waals surface area (Å²) in [5, 5.41) is 0. The molecule has 1 aliphatic rings. The van der Waals surface area contributed by atoms with E-state index in [2.05, 4.69) is 38.6 Å². The number of piperazine rings is 1. The first-order chi connectivity index (χ1) is 10.6.